The highest BCUT2D eigenvalue weighted by Gasteiger charge is 2.09. The molecule has 0 fully saturated rings. The molecule has 3 heterocycles. The second-order valence-corrected chi connectivity index (χ2v) is 6.26. The quantitative estimate of drug-likeness (QED) is 0.513. The average Bonchev–Trinajstić information content (AvgIpc) is 3.40. The second-order valence-electron chi connectivity index (χ2n) is 6.26. The Morgan fingerprint density at radius 3 is 2.64 bits per heavy atom. The summed E-state index contributed by atoms with van der Waals surface area (Å²) in [6.07, 6.45) is 6.77. The zero-order valence-corrected chi connectivity index (χ0v) is 14.9. The highest BCUT2D eigenvalue weighted by Crippen LogP contribution is 2.27. The van der Waals surface area contributed by atoms with E-state index in [0.717, 1.165) is 39.2 Å². The summed E-state index contributed by atoms with van der Waals surface area (Å²) in [7, 11) is 0. The number of para-hydroxylation sites is 1. The molecule has 0 aliphatic rings. The van der Waals surface area contributed by atoms with Crippen LogP contribution < -0.4 is 5.32 Å². The van der Waals surface area contributed by atoms with Gasteiger partial charge in [0.25, 0.3) is 0 Å². The van der Waals surface area contributed by atoms with E-state index in [2.05, 4.69) is 25.5 Å². The van der Waals surface area contributed by atoms with Gasteiger partial charge in [-0.25, -0.2) is 19.6 Å². The maximum absolute atomic E-state index is 4.97. The predicted molar refractivity (Wildman–Crippen MR) is 104 cm³/mol. The lowest BCUT2D eigenvalue weighted by atomic mass is 10.1. The van der Waals surface area contributed by atoms with Crippen LogP contribution in [0.5, 0.6) is 0 Å². The summed E-state index contributed by atoms with van der Waals surface area (Å²) in [5.41, 5.74) is 4.46. The highest BCUT2D eigenvalue weighted by molar-refractivity contribution is 5.93. The molecule has 0 radical (unpaired) electrons. The Bertz CT molecular complexity index is 1240. The first kappa shape index (κ1) is 16.1. The molecule has 2 aromatic carbocycles. The number of hydrogen-bond acceptors (Lipinski definition) is 7. The van der Waals surface area contributed by atoms with Crippen molar-refractivity contribution in [1.29, 1.82) is 0 Å². The van der Waals surface area contributed by atoms with E-state index in [1.165, 1.54) is 0 Å². The van der Waals surface area contributed by atoms with Crippen LogP contribution in [0.15, 0.2) is 72.0 Å². The molecule has 0 aliphatic carbocycles. The van der Waals surface area contributed by atoms with Crippen LogP contribution in [-0.4, -0.2) is 29.9 Å². The van der Waals surface area contributed by atoms with Gasteiger partial charge in [-0.05, 0) is 31.2 Å². The molecule has 28 heavy (non-hydrogen) atoms. The molecule has 0 spiro atoms. The van der Waals surface area contributed by atoms with Gasteiger partial charge in [-0.3, -0.25) is 0 Å². The van der Waals surface area contributed by atoms with Gasteiger partial charge in [0.1, 0.15) is 18.4 Å². The van der Waals surface area contributed by atoms with Crippen molar-refractivity contribution >= 4 is 22.5 Å². The first-order valence-corrected chi connectivity index (χ1v) is 8.67. The normalized spacial score (nSPS) is 11.0. The Kier molecular flexibility index (Phi) is 3.79. The lowest BCUT2D eigenvalue weighted by Gasteiger charge is -2.08. The van der Waals surface area contributed by atoms with Crippen LogP contribution in [0.3, 0.4) is 0 Å². The minimum absolute atomic E-state index is 0.515. The van der Waals surface area contributed by atoms with E-state index in [-0.39, 0.29) is 0 Å². The Balaban J connectivity index is 1.46. The zero-order chi connectivity index (χ0) is 18.9. The second kappa shape index (κ2) is 6.58. The molecule has 0 amide bonds. The SMILES string of the molecule is Cc1ncn(-c2ccc(Nc3ncc4cccc(-c5cnoc5)c4n3)cc2)n1. The zero-order valence-electron chi connectivity index (χ0n) is 14.9. The number of hydrogen-bond donors (Lipinski definition) is 1. The minimum atomic E-state index is 0.515. The van der Waals surface area contributed by atoms with Crippen molar-refractivity contribution in [3.05, 3.63) is 73.3 Å². The van der Waals surface area contributed by atoms with Crippen molar-refractivity contribution in [2.75, 3.05) is 5.32 Å². The van der Waals surface area contributed by atoms with Crippen molar-refractivity contribution in [3.63, 3.8) is 0 Å². The van der Waals surface area contributed by atoms with Gasteiger partial charge >= 0.3 is 0 Å². The standard InChI is InChI=1S/C20H15N7O/c1-13-22-12-27(26-13)17-7-5-16(6-8-17)24-20-21-9-14-3-2-4-18(19(14)25-20)15-10-23-28-11-15/h2-12H,1H3,(H,21,24,25). The number of rotatable bonds is 4. The van der Waals surface area contributed by atoms with E-state index < -0.39 is 0 Å². The van der Waals surface area contributed by atoms with Gasteiger partial charge in [0.05, 0.1) is 17.4 Å². The number of aromatic nitrogens is 6. The van der Waals surface area contributed by atoms with Gasteiger partial charge in [0.2, 0.25) is 5.95 Å². The number of benzene rings is 2. The molecule has 136 valence electrons. The van der Waals surface area contributed by atoms with Crippen molar-refractivity contribution in [1.82, 2.24) is 29.9 Å². The third-order valence-corrected chi connectivity index (χ3v) is 4.35. The van der Waals surface area contributed by atoms with E-state index in [1.54, 1.807) is 29.7 Å². The average molecular weight is 369 g/mol. The topological polar surface area (TPSA) is 94.6 Å². The number of nitrogens with zero attached hydrogens (tertiary/aromatic N) is 6. The largest absolute Gasteiger partial charge is 0.364 e. The van der Waals surface area contributed by atoms with Crippen LogP contribution >= 0.6 is 0 Å². The highest BCUT2D eigenvalue weighted by atomic mass is 16.5. The predicted octanol–water partition coefficient (Wildman–Crippen LogP) is 3.92. The van der Waals surface area contributed by atoms with Gasteiger partial charge < -0.3 is 9.84 Å². The summed E-state index contributed by atoms with van der Waals surface area (Å²) in [6, 6.07) is 13.7. The fourth-order valence-electron chi connectivity index (χ4n) is 2.98. The molecular weight excluding hydrogens is 354 g/mol. The Morgan fingerprint density at radius 2 is 1.89 bits per heavy atom. The number of fused-ring (bicyclic) bond motifs is 1. The molecule has 0 unspecified atom stereocenters. The van der Waals surface area contributed by atoms with Crippen molar-refractivity contribution < 1.29 is 4.52 Å². The molecule has 3 aromatic heterocycles. The van der Waals surface area contributed by atoms with Crippen molar-refractivity contribution in [3.8, 4) is 16.8 Å². The van der Waals surface area contributed by atoms with E-state index in [4.69, 9.17) is 9.51 Å². The molecule has 1 N–H and O–H groups in total. The molecule has 8 nitrogen and oxygen atoms in total. The van der Waals surface area contributed by atoms with Crippen molar-refractivity contribution in [2.24, 2.45) is 0 Å². The van der Waals surface area contributed by atoms with Crippen molar-refractivity contribution in [2.45, 2.75) is 6.92 Å². The van der Waals surface area contributed by atoms with E-state index in [9.17, 15) is 0 Å². The molecule has 0 aliphatic heterocycles. The Labute approximate surface area is 159 Å². The summed E-state index contributed by atoms with van der Waals surface area (Å²) in [5.74, 6) is 1.25. The third-order valence-electron chi connectivity index (χ3n) is 4.35. The first-order valence-electron chi connectivity index (χ1n) is 8.67. The summed E-state index contributed by atoms with van der Waals surface area (Å²) >= 11 is 0. The van der Waals surface area contributed by atoms with Gasteiger partial charge in [0, 0.05) is 28.4 Å². The van der Waals surface area contributed by atoms with Crippen LogP contribution in [-0.2, 0) is 0 Å². The molecule has 8 heteroatoms. The summed E-state index contributed by atoms with van der Waals surface area (Å²) in [5, 5.41) is 12.3. The fraction of sp³-hybridized carbons (Fsp3) is 0.0500. The Morgan fingerprint density at radius 1 is 1.00 bits per heavy atom. The number of nitrogens with one attached hydrogen (secondary N) is 1. The van der Waals surface area contributed by atoms with Crippen LogP contribution in [0.4, 0.5) is 11.6 Å². The molecule has 5 aromatic rings. The van der Waals surface area contributed by atoms with Crippen LogP contribution in [0.2, 0.25) is 0 Å². The maximum Gasteiger partial charge on any atom is 0.227 e. The smallest absolute Gasteiger partial charge is 0.227 e. The van der Waals surface area contributed by atoms with E-state index >= 15 is 0 Å². The Hall–Kier alpha value is -4.07. The van der Waals surface area contributed by atoms with Gasteiger partial charge in [0.15, 0.2) is 0 Å². The molecule has 0 saturated heterocycles. The maximum atomic E-state index is 4.97. The van der Waals surface area contributed by atoms with Gasteiger partial charge in [-0.2, -0.15) is 5.10 Å². The summed E-state index contributed by atoms with van der Waals surface area (Å²) < 4.78 is 6.71. The molecular formula is C20H15N7O. The first-order chi connectivity index (χ1) is 13.8. The molecule has 5 rings (SSSR count). The number of anilines is 2. The van der Waals surface area contributed by atoms with Gasteiger partial charge in [-0.1, -0.05) is 23.4 Å². The minimum Gasteiger partial charge on any atom is -0.364 e. The molecule has 0 saturated carbocycles. The van der Waals surface area contributed by atoms with Crippen LogP contribution in [0, 0.1) is 6.92 Å². The monoisotopic (exact) mass is 369 g/mol. The van der Waals surface area contributed by atoms with Crippen LogP contribution in [0.1, 0.15) is 5.82 Å². The molecule has 0 bridgehead atoms. The van der Waals surface area contributed by atoms with E-state index in [1.807, 2.05) is 49.4 Å². The summed E-state index contributed by atoms with van der Waals surface area (Å²) in [4.78, 5) is 13.3. The van der Waals surface area contributed by atoms with Gasteiger partial charge in [-0.15, -0.1) is 0 Å². The lowest BCUT2D eigenvalue weighted by molar-refractivity contribution is 0.420. The number of aryl methyl sites for hydroxylation is 1. The summed E-state index contributed by atoms with van der Waals surface area (Å²) in [6.45, 7) is 1.86. The van der Waals surface area contributed by atoms with E-state index in [0.29, 0.717) is 5.95 Å². The lowest BCUT2D eigenvalue weighted by Crippen LogP contribution is -1.99. The van der Waals surface area contributed by atoms with Crippen LogP contribution in [0.25, 0.3) is 27.7 Å². The fourth-order valence-corrected chi connectivity index (χ4v) is 2.98. The third kappa shape index (κ3) is 2.96. The molecule has 0 atom stereocenters.